The molecule has 1 spiro atoms. The van der Waals surface area contributed by atoms with Crippen LogP contribution in [0, 0.1) is 11.7 Å². The summed E-state index contributed by atoms with van der Waals surface area (Å²) in [5.74, 6) is -3.02. The van der Waals surface area contributed by atoms with Crippen LogP contribution in [0.15, 0.2) is 42.5 Å². The molecule has 1 aliphatic carbocycles. The molecule has 0 bridgehead atoms. The van der Waals surface area contributed by atoms with E-state index in [4.69, 9.17) is 4.74 Å². The highest BCUT2D eigenvalue weighted by atomic mass is 19.4. The number of nitrogens with one attached hydrogen (secondary N) is 1. The molecule has 39 heavy (non-hydrogen) atoms. The van der Waals surface area contributed by atoms with Crippen molar-refractivity contribution in [1.29, 1.82) is 0 Å². The maximum atomic E-state index is 13.6. The van der Waals surface area contributed by atoms with E-state index in [1.54, 1.807) is 32.0 Å². The van der Waals surface area contributed by atoms with Crippen LogP contribution in [0.3, 0.4) is 0 Å². The normalized spacial score (nSPS) is 19.3. The summed E-state index contributed by atoms with van der Waals surface area (Å²) in [4.78, 5) is 52.4. The Morgan fingerprint density at radius 2 is 1.77 bits per heavy atom. The lowest BCUT2D eigenvalue weighted by molar-refractivity contribution is -0.187. The maximum Gasteiger partial charge on any atom is 0.418 e. The van der Waals surface area contributed by atoms with Crippen molar-refractivity contribution in [2.45, 2.75) is 58.0 Å². The number of amides is 4. The molecular weight excluding hydrogens is 522 g/mol. The fourth-order valence-corrected chi connectivity index (χ4v) is 4.65. The Balaban J connectivity index is 1.56. The van der Waals surface area contributed by atoms with Gasteiger partial charge in [-0.3, -0.25) is 14.4 Å². The van der Waals surface area contributed by atoms with Crippen LogP contribution in [-0.4, -0.2) is 52.4 Å². The maximum absolute atomic E-state index is 13.6. The van der Waals surface area contributed by atoms with Gasteiger partial charge in [-0.05, 0) is 48.7 Å². The van der Waals surface area contributed by atoms with Gasteiger partial charge < -0.3 is 15.0 Å². The molecule has 12 heteroatoms. The summed E-state index contributed by atoms with van der Waals surface area (Å²) in [6, 6.07) is 7.15. The molecule has 1 heterocycles. The molecule has 1 saturated heterocycles. The largest absolute Gasteiger partial charge is 0.427 e. The van der Waals surface area contributed by atoms with Gasteiger partial charge in [-0.25, -0.2) is 14.1 Å². The molecule has 1 N–H and O–H groups in total. The number of imide groups is 1. The number of carbonyl (C=O) groups excluding carboxylic acids is 4. The summed E-state index contributed by atoms with van der Waals surface area (Å²) in [5.41, 5.74) is 0.0911. The van der Waals surface area contributed by atoms with Gasteiger partial charge in [0, 0.05) is 30.1 Å². The van der Waals surface area contributed by atoms with Crippen LogP contribution in [0.1, 0.15) is 43.9 Å². The van der Waals surface area contributed by atoms with E-state index >= 15 is 0 Å². The lowest BCUT2D eigenvalue weighted by atomic mass is 9.94. The Bertz CT molecular complexity index is 1310. The Kier molecular flexibility index (Phi) is 7.42. The van der Waals surface area contributed by atoms with Crippen molar-refractivity contribution in [3.05, 3.63) is 65.0 Å². The fraction of sp³-hybridized carbons (Fsp3) is 0.407. The highest BCUT2D eigenvalue weighted by Gasteiger charge is 2.58. The first-order valence-electron chi connectivity index (χ1n) is 12.3. The van der Waals surface area contributed by atoms with Gasteiger partial charge >= 0.3 is 12.3 Å². The third kappa shape index (κ3) is 5.45. The van der Waals surface area contributed by atoms with Gasteiger partial charge in [0.25, 0.3) is 5.91 Å². The van der Waals surface area contributed by atoms with E-state index in [2.05, 4.69) is 5.32 Å². The van der Waals surface area contributed by atoms with E-state index in [0.717, 1.165) is 19.1 Å². The van der Waals surface area contributed by atoms with Crippen LogP contribution >= 0.6 is 0 Å². The highest BCUT2D eigenvalue weighted by Crippen LogP contribution is 2.46. The zero-order valence-corrected chi connectivity index (χ0v) is 21.5. The number of fused-ring (bicyclic) bond motifs is 2. The molecule has 1 fully saturated rings. The molecule has 208 valence electrons. The molecule has 2 aliphatic rings. The molecule has 0 radical (unpaired) electrons. The Morgan fingerprint density at radius 3 is 2.38 bits per heavy atom. The quantitative estimate of drug-likeness (QED) is 0.513. The van der Waals surface area contributed by atoms with E-state index in [9.17, 15) is 36.7 Å². The van der Waals surface area contributed by atoms with Crippen LogP contribution in [0.4, 0.5) is 28.0 Å². The summed E-state index contributed by atoms with van der Waals surface area (Å²) in [6.07, 6.45) is -5.51. The number of nitrogens with zero attached hydrogens (tertiary/aromatic N) is 2. The van der Waals surface area contributed by atoms with Crippen molar-refractivity contribution >= 4 is 29.5 Å². The molecule has 4 amide bonds. The number of rotatable bonds is 7. The average Bonchev–Trinajstić information content (AvgIpc) is 3.34. The minimum Gasteiger partial charge on any atom is -0.427 e. The fourth-order valence-electron chi connectivity index (χ4n) is 4.65. The zero-order chi connectivity index (χ0) is 28.7. The standard InChI is InChI=1S/C27H27F4N3O5/c1-15(2)23(36)32-20-8-9-21-18(12-20)10-11-26(21)24(37)34(25(38)39-26)14-22(35)33(16(3)27(29,30)31)13-17-4-6-19(28)7-5-17/h4-9,12,15-16H,10-11,13-14H2,1-3H3,(H,32,36)/t16-,26+/m0/s1. The van der Waals surface area contributed by atoms with Crippen molar-refractivity contribution in [2.75, 3.05) is 11.9 Å². The van der Waals surface area contributed by atoms with E-state index < -0.39 is 54.6 Å². The lowest BCUT2D eigenvalue weighted by Gasteiger charge is -2.31. The first-order chi connectivity index (χ1) is 18.2. The average molecular weight is 550 g/mol. The van der Waals surface area contributed by atoms with Gasteiger partial charge in [0.2, 0.25) is 17.4 Å². The topological polar surface area (TPSA) is 96.0 Å². The van der Waals surface area contributed by atoms with Crippen molar-refractivity contribution < 1.29 is 41.5 Å². The first-order valence-corrected chi connectivity index (χ1v) is 12.3. The van der Waals surface area contributed by atoms with Gasteiger partial charge in [0.05, 0.1) is 0 Å². The van der Waals surface area contributed by atoms with Crippen molar-refractivity contribution in [3.63, 3.8) is 0 Å². The van der Waals surface area contributed by atoms with E-state index in [-0.39, 0.29) is 23.8 Å². The molecule has 0 saturated carbocycles. The number of anilines is 1. The number of hydrogen-bond donors (Lipinski definition) is 1. The molecule has 2 atom stereocenters. The van der Waals surface area contributed by atoms with Gasteiger partial charge in [0.15, 0.2) is 0 Å². The van der Waals surface area contributed by atoms with E-state index in [1.165, 1.54) is 12.1 Å². The summed E-state index contributed by atoms with van der Waals surface area (Å²) in [6.45, 7) is 2.78. The summed E-state index contributed by atoms with van der Waals surface area (Å²) >= 11 is 0. The van der Waals surface area contributed by atoms with Crippen LogP contribution in [0.2, 0.25) is 0 Å². The van der Waals surface area contributed by atoms with E-state index in [0.29, 0.717) is 33.0 Å². The number of halogens is 4. The molecule has 8 nitrogen and oxygen atoms in total. The number of ether oxygens (including phenoxy) is 1. The second kappa shape index (κ2) is 10.3. The number of hydrogen-bond acceptors (Lipinski definition) is 5. The Labute approximate surface area is 221 Å². The molecule has 2 aromatic rings. The molecule has 0 unspecified atom stereocenters. The molecule has 4 rings (SSSR count). The van der Waals surface area contributed by atoms with Crippen molar-refractivity contribution in [2.24, 2.45) is 5.92 Å². The van der Waals surface area contributed by atoms with Crippen LogP contribution in [0.5, 0.6) is 0 Å². The van der Waals surface area contributed by atoms with Crippen LogP contribution in [-0.2, 0) is 37.7 Å². The Morgan fingerprint density at radius 1 is 1.10 bits per heavy atom. The summed E-state index contributed by atoms with van der Waals surface area (Å²) in [5, 5.41) is 2.76. The molecule has 0 aromatic heterocycles. The smallest absolute Gasteiger partial charge is 0.418 e. The van der Waals surface area contributed by atoms with Gasteiger partial charge in [-0.2, -0.15) is 13.2 Å². The first kappa shape index (κ1) is 28.1. The van der Waals surface area contributed by atoms with Crippen molar-refractivity contribution in [1.82, 2.24) is 9.80 Å². The SMILES string of the molecule is CC(C)C(=O)Nc1ccc2c(c1)CC[C@@]21OC(=O)N(CC(=O)N(Cc2ccc(F)cc2)[C@@H](C)C(F)(F)F)C1=O. The Hall–Kier alpha value is -3.96. The second-order valence-corrected chi connectivity index (χ2v) is 9.97. The summed E-state index contributed by atoms with van der Waals surface area (Å²) < 4.78 is 59.6. The lowest BCUT2D eigenvalue weighted by Crippen LogP contribution is -2.51. The predicted molar refractivity (Wildman–Crippen MR) is 131 cm³/mol. The zero-order valence-electron chi connectivity index (χ0n) is 21.5. The van der Waals surface area contributed by atoms with Gasteiger partial charge in [-0.15, -0.1) is 0 Å². The second-order valence-electron chi connectivity index (χ2n) is 9.97. The third-order valence-corrected chi connectivity index (χ3v) is 6.97. The van der Waals surface area contributed by atoms with Crippen LogP contribution in [0.25, 0.3) is 0 Å². The monoisotopic (exact) mass is 549 g/mol. The highest BCUT2D eigenvalue weighted by molar-refractivity contribution is 6.06. The number of benzene rings is 2. The summed E-state index contributed by atoms with van der Waals surface area (Å²) in [7, 11) is 0. The number of aryl methyl sites for hydroxylation is 1. The minimum atomic E-state index is -4.79. The van der Waals surface area contributed by atoms with Crippen LogP contribution < -0.4 is 5.32 Å². The minimum absolute atomic E-state index is 0.0808. The third-order valence-electron chi connectivity index (χ3n) is 6.97. The van der Waals surface area contributed by atoms with Gasteiger partial charge in [0.1, 0.15) is 18.4 Å². The number of alkyl halides is 3. The molecule has 2 aromatic carbocycles. The predicted octanol–water partition coefficient (Wildman–Crippen LogP) is 4.52. The molecule has 1 aliphatic heterocycles. The van der Waals surface area contributed by atoms with Crippen molar-refractivity contribution in [3.8, 4) is 0 Å². The van der Waals surface area contributed by atoms with E-state index in [1.807, 2.05) is 0 Å². The number of carbonyl (C=O) groups is 4. The van der Waals surface area contributed by atoms with Gasteiger partial charge in [-0.1, -0.05) is 32.0 Å². The molecular formula is C27H27F4N3O5.